The second-order valence-corrected chi connectivity index (χ2v) is 9.46. The van der Waals surface area contributed by atoms with Crippen molar-refractivity contribution in [3.8, 4) is 11.5 Å². The van der Waals surface area contributed by atoms with Crippen molar-refractivity contribution in [2.75, 3.05) is 7.11 Å². The summed E-state index contributed by atoms with van der Waals surface area (Å²) in [7, 11) is 1.51. The topological polar surface area (TPSA) is 99.0 Å². The molecule has 0 aliphatic carbocycles. The average Bonchev–Trinajstić information content (AvgIpc) is 3.11. The first-order valence-electron chi connectivity index (χ1n) is 10.5. The van der Waals surface area contributed by atoms with Crippen LogP contribution < -0.4 is 9.47 Å². The molecule has 36 heavy (non-hydrogen) atoms. The van der Waals surface area contributed by atoms with Crippen LogP contribution in [0.4, 0.5) is 10.5 Å². The molecular formula is C25H18Cl2N2O6S. The van der Waals surface area contributed by atoms with Crippen molar-refractivity contribution in [3.63, 3.8) is 0 Å². The van der Waals surface area contributed by atoms with Crippen molar-refractivity contribution >= 4 is 57.9 Å². The van der Waals surface area contributed by atoms with Crippen molar-refractivity contribution in [3.05, 3.63) is 102 Å². The van der Waals surface area contributed by atoms with E-state index < -0.39 is 16.1 Å². The lowest BCUT2D eigenvalue weighted by Gasteiger charge is -2.13. The smallest absolute Gasteiger partial charge is 0.293 e. The summed E-state index contributed by atoms with van der Waals surface area (Å²) < 4.78 is 11.3. The van der Waals surface area contributed by atoms with Crippen LogP contribution in [0, 0.1) is 10.1 Å². The maximum atomic E-state index is 12.9. The molecule has 0 aromatic heterocycles. The van der Waals surface area contributed by atoms with Crippen LogP contribution in [0.2, 0.25) is 10.0 Å². The standard InChI is InChI=1S/C25H18Cl2N2O6S/c1-34-21-9-4-16(10-22(21)35-14-17-5-6-18(26)12-20(17)27)11-23-24(30)28(25(31)36-23)13-15-2-7-19(8-3-15)29(32)33/h2-12H,13-14H2,1H3/b23-11-. The highest BCUT2D eigenvalue weighted by atomic mass is 35.5. The third kappa shape index (κ3) is 5.81. The number of benzene rings is 3. The second-order valence-electron chi connectivity index (χ2n) is 7.63. The molecule has 2 amide bonds. The minimum absolute atomic E-state index is 0.0127. The molecule has 0 bridgehead atoms. The zero-order valence-electron chi connectivity index (χ0n) is 18.8. The summed E-state index contributed by atoms with van der Waals surface area (Å²) in [5.74, 6) is 0.473. The number of ether oxygens (including phenoxy) is 2. The fourth-order valence-electron chi connectivity index (χ4n) is 3.38. The molecule has 1 aliphatic heterocycles. The zero-order valence-corrected chi connectivity index (χ0v) is 21.1. The lowest BCUT2D eigenvalue weighted by Crippen LogP contribution is -2.27. The molecule has 8 nitrogen and oxygen atoms in total. The Morgan fingerprint density at radius 1 is 1.03 bits per heavy atom. The third-order valence-electron chi connectivity index (χ3n) is 5.25. The van der Waals surface area contributed by atoms with Gasteiger partial charge in [0.2, 0.25) is 0 Å². The molecule has 3 aromatic carbocycles. The number of thioether (sulfide) groups is 1. The van der Waals surface area contributed by atoms with E-state index in [2.05, 4.69) is 0 Å². The summed E-state index contributed by atoms with van der Waals surface area (Å²) in [6, 6.07) is 16.0. The number of nitrogens with zero attached hydrogens (tertiary/aromatic N) is 2. The van der Waals surface area contributed by atoms with E-state index in [9.17, 15) is 19.7 Å². The molecule has 1 aliphatic rings. The summed E-state index contributed by atoms with van der Waals surface area (Å²) in [6.45, 7) is 0.181. The first-order valence-corrected chi connectivity index (χ1v) is 12.1. The number of carbonyl (C=O) groups excluding carboxylic acids is 2. The number of hydrogen-bond donors (Lipinski definition) is 0. The van der Waals surface area contributed by atoms with Gasteiger partial charge in [-0.05, 0) is 53.2 Å². The molecule has 11 heteroatoms. The number of halogens is 2. The number of hydrogen-bond acceptors (Lipinski definition) is 7. The molecule has 0 radical (unpaired) electrons. The Labute approximate surface area is 220 Å². The van der Waals surface area contributed by atoms with E-state index in [1.54, 1.807) is 42.5 Å². The Hall–Kier alpha value is -3.53. The predicted molar refractivity (Wildman–Crippen MR) is 138 cm³/mol. The van der Waals surface area contributed by atoms with E-state index in [1.165, 1.54) is 31.4 Å². The van der Waals surface area contributed by atoms with Gasteiger partial charge in [0.05, 0.1) is 23.5 Å². The molecule has 4 rings (SSSR count). The molecule has 0 saturated carbocycles. The number of methoxy groups -OCH3 is 1. The fourth-order valence-corrected chi connectivity index (χ4v) is 4.68. The molecular weight excluding hydrogens is 527 g/mol. The number of imide groups is 1. The van der Waals surface area contributed by atoms with Gasteiger partial charge in [0.15, 0.2) is 11.5 Å². The highest BCUT2D eigenvalue weighted by molar-refractivity contribution is 8.18. The van der Waals surface area contributed by atoms with Crippen molar-refractivity contribution in [2.45, 2.75) is 13.2 Å². The Bertz CT molecular complexity index is 1380. The monoisotopic (exact) mass is 544 g/mol. The second kappa shape index (κ2) is 11.0. The van der Waals surface area contributed by atoms with Crippen molar-refractivity contribution in [1.82, 2.24) is 4.90 Å². The summed E-state index contributed by atoms with van der Waals surface area (Å²) in [4.78, 5) is 37.1. The van der Waals surface area contributed by atoms with E-state index in [4.69, 9.17) is 32.7 Å². The number of non-ortho nitro benzene ring substituents is 1. The van der Waals surface area contributed by atoms with E-state index in [0.717, 1.165) is 22.2 Å². The SMILES string of the molecule is COc1ccc(/C=C2\SC(=O)N(Cc3ccc([N+](=O)[O-])cc3)C2=O)cc1OCc1ccc(Cl)cc1Cl. The highest BCUT2D eigenvalue weighted by Crippen LogP contribution is 2.36. The molecule has 1 heterocycles. The predicted octanol–water partition coefficient (Wildman–Crippen LogP) is 6.73. The number of nitro groups is 1. The van der Waals surface area contributed by atoms with Crippen LogP contribution in [0.3, 0.4) is 0 Å². The summed E-state index contributed by atoms with van der Waals surface area (Å²) in [5, 5.41) is 11.4. The van der Waals surface area contributed by atoms with Crippen LogP contribution in [0.5, 0.6) is 11.5 Å². The van der Waals surface area contributed by atoms with Gasteiger partial charge in [0.25, 0.3) is 16.8 Å². The molecule has 1 fully saturated rings. The third-order valence-corrected chi connectivity index (χ3v) is 6.74. The summed E-state index contributed by atoms with van der Waals surface area (Å²) in [5.41, 5.74) is 1.91. The Morgan fingerprint density at radius 2 is 1.78 bits per heavy atom. The first-order chi connectivity index (χ1) is 17.2. The molecule has 0 spiro atoms. The quantitative estimate of drug-likeness (QED) is 0.176. The van der Waals surface area contributed by atoms with Crippen LogP contribution in [0.15, 0.2) is 65.6 Å². The van der Waals surface area contributed by atoms with Gasteiger partial charge in [0, 0.05) is 27.7 Å². The molecule has 0 atom stereocenters. The van der Waals surface area contributed by atoms with Gasteiger partial charge in [-0.15, -0.1) is 0 Å². The Balaban J connectivity index is 1.51. The maximum Gasteiger partial charge on any atom is 0.293 e. The lowest BCUT2D eigenvalue weighted by atomic mass is 10.1. The van der Waals surface area contributed by atoms with Gasteiger partial charge in [-0.1, -0.05) is 47.5 Å². The minimum Gasteiger partial charge on any atom is -0.493 e. The van der Waals surface area contributed by atoms with Gasteiger partial charge >= 0.3 is 0 Å². The Morgan fingerprint density at radius 3 is 2.44 bits per heavy atom. The van der Waals surface area contributed by atoms with E-state index in [0.29, 0.717) is 32.7 Å². The summed E-state index contributed by atoms with van der Waals surface area (Å²) in [6.07, 6.45) is 1.60. The molecule has 3 aromatic rings. The van der Waals surface area contributed by atoms with Gasteiger partial charge in [-0.3, -0.25) is 24.6 Å². The van der Waals surface area contributed by atoms with Crippen LogP contribution in [0.25, 0.3) is 6.08 Å². The van der Waals surface area contributed by atoms with Gasteiger partial charge in [-0.2, -0.15) is 0 Å². The van der Waals surface area contributed by atoms with Crippen molar-refractivity contribution in [1.29, 1.82) is 0 Å². The molecule has 1 saturated heterocycles. The minimum atomic E-state index is -0.510. The fraction of sp³-hybridized carbons (Fsp3) is 0.120. The number of carbonyl (C=O) groups is 2. The Kier molecular flexibility index (Phi) is 7.83. The number of rotatable bonds is 8. The van der Waals surface area contributed by atoms with Crippen molar-refractivity contribution < 1.29 is 24.0 Å². The van der Waals surface area contributed by atoms with Gasteiger partial charge in [-0.25, -0.2) is 0 Å². The average molecular weight is 545 g/mol. The molecule has 0 N–H and O–H groups in total. The van der Waals surface area contributed by atoms with Gasteiger partial charge in [0.1, 0.15) is 6.61 Å². The van der Waals surface area contributed by atoms with Crippen LogP contribution in [-0.2, 0) is 17.9 Å². The maximum absolute atomic E-state index is 12.9. The first kappa shape index (κ1) is 25.6. The van der Waals surface area contributed by atoms with Gasteiger partial charge < -0.3 is 9.47 Å². The highest BCUT2D eigenvalue weighted by Gasteiger charge is 2.35. The number of amides is 2. The zero-order chi connectivity index (χ0) is 25.8. The van der Waals surface area contributed by atoms with Crippen LogP contribution in [0.1, 0.15) is 16.7 Å². The number of nitro benzene ring substituents is 1. The lowest BCUT2D eigenvalue weighted by molar-refractivity contribution is -0.384. The molecule has 184 valence electrons. The molecule has 0 unspecified atom stereocenters. The van der Waals surface area contributed by atoms with Crippen LogP contribution >= 0.6 is 35.0 Å². The van der Waals surface area contributed by atoms with E-state index >= 15 is 0 Å². The van der Waals surface area contributed by atoms with E-state index in [-0.39, 0.29) is 23.7 Å². The summed E-state index contributed by atoms with van der Waals surface area (Å²) >= 11 is 13.0. The normalized spacial score (nSPS) is 14.4. The van der Waals surface area contributed by atoms with Crippen molar-refractivity contribution in [2.24, 2.45) is 0 Å². The van der Waals surface area contributed by atoms with E-state index in [1.807, 2.05) is 0 Å². The van der Waals surface area contributed by atoms with Crippen LogP contribution in [-0.4, -0.2) is 28.1 Å². The largest absolute Gasteiger partial charge is 0.493 e.